The van der Waals surface area contributed by atoms with Gasteiger partial charge in [0.2, 0.25) is 5.78 Å². The fourth-order valence-electron chi connectivity index (χ4n) is 3.26. The van der Waals surface area contributed by atoms with Crippen molar-refractivity contribution in [2.75, 3.05) is 19.6 Å². The van der Waals surface area contributed by atoms with Crippen LogP contribution >= 0.6 is 0 Å². The molecule has 1 saturated heterocycles. The number of nitrogens with zero attached hydrogens (tertiary/aromatic N) is 1. The summed E-state index contributed by atoms with van der Waals surface area (Å²) < 4.78 is 51.6. The first kappa shape index (κ1) is 21.0. The Morgan fingerprint density at radius 1 is 1.10 bits per heavy atom. The molecular formula is C22H19F4NO2. The third kappa shape index (κ3) is 5.22. The lowest BCUT2D eigenvalue weighted by atomic mass is 9.84. The van der Waals surface area contributed by atoms with Crippen LogP contribution in [0.4, 0.5) is 17.6 Å². The summed E-state index contributed by atoms with van der Waals surface area (Å²) in [5.41, 5.74) is -1.55. The first-order valence-electron chi connectivity index (χ1n) is 9.09. The number of benzene rings is 2. The van der Waals surface area contributed by atoms with Crippen molar-refractivity contribution in [2.24, 2.45) is 0 Å². The van der Waals surface area contributed by atoms with Crippen molar-refractivity contribution in [1.82, 2.24) is 4.90 Å². The van der Waals surface area contributed by atoms with Gasteiger partial charge >= 0.3 is 6.18 Å². The van der Waals surface area contributed by atoms with Gasteiger partial charge in [0, 0.05) is 18.7 Å². The summed E-state index contributed by atoms with van der Waals surface area (Å²) in [6.45, 7) is 1.17. The predicted octanol–water partition coefficient (Wildman–Crippen LogP) is 4.01. The zero-order chi connectivity index (χ0) is 21.1. The number of Topliss-reactive ketones (excluding diaryl/α,β-unsaturated/α-hetero) is 1. The van der Waals surface area contributed by atoms with Crippen molar-refractivity contribution in [3.63, 3.8) is 0 Å². The lowest BCUT2D eigenvalue weighted by Gasteiger charge is -2.38. The van der Waals surface area contributed by atoms with Crippen molar-refractivity contribution >= 4 is 5.78 Å². The lowest BCUT2D eigenvalue weighted by Crippen LogP contribution is -2.42. The number of likely N-dealkylation sites (tertiary alicyclic amines) is 1. The molecule has 2 aromatic rings. The monoisotopic (exact) mass is 405 g/mol. The number of hydrogen-bond donors (Lipinski definition) is 1. The number of aliphatic hydroxyl groups is 1. The summed E-state index contributed by atoms with van der Waals surface area (Å²) in [5.74, 6) is 4.42. The Morgan fingerprint density at radius 2 is 1.76 bits per heavy atom. The molecule has 152 valence electrons. The highest BCUT2D eigenvalue weighted by Gasteiger charge is 2.36. The van der Waals surface area contributed by atoms with Gasteiger partial charge in [-0.1, -0.05) is 18.1 Å². The van der Waals surface area contributed by atoms with Gasteiger partial charge in [0.25, 0.3) is 0 Å². The van der Waals surface area contributed by atoms with Crippen molar-refractivity contribution < 1.29 is 27.5 Å². The number of halogens is 4. The van der Waals surface area contributed by atoms with Gasteiger partial charge in [-0.3, -0.25) is 9.69 Å². The van der Waals surface area contributed by atoms with Gasteiger partial charge in [-0.25, -0.2) is 4.39 Å². The number of carbonyl (C=O) groups excluding carboxylic acids is 1. The van der Waals surface area contributed by atoms with E-state index in [1.165, 1.54) is 36.4 Å². The fourth-order valence-corrected chi connectivity index (χ4v) is 3.26. The summed E-state index contributed by atoms with van der Waals surface area (Å²) in [4.78, 5) is 13.9. The average molecular weight is 405 g/mol. The minimum Gasteiger partial charge on any atom is -0.385 e. The smallest absolute Gasteiger partial charge is 0.385 e. The maximum Gasteiger partial charge on any atom is 0.416 e. The molecule has 1 aliphatic rings. The normalized spacial score (nSPS) is 16.7. The molecule has 29 heavy (non-hydrogen) atoms. The van der Waals surface area contributed by atoms with Crippen LogP contribution in [0.25, 0.3) is 0 Å². The molecule has 3 nitrogen and oxygen atoms in total. The summed E-state index contributed by atoms with van der Waals surface area (Å²) in [6.07, 6.45) is -3.93. The van der Waals surface area contributed by atoms with Gasteiger partial charge in [0.05, 0.1) is 17.7 Å². The van der Waals surface area contributed by atoms with Crippen LogP contribution < -0.4 is 0 Å². The Labute approximate surface area is 166 Å². The van der Waals surface area contributed by atoms with Gasteiger partial charge in [-0.05, 0) is 60.7 Å². The Balaban J connectivity index is 1.58. The first-order chi connectivity index (χ1) is 13.7. The molecule has 0 aliphatic carbocycles. The van der Waals surface area contributed by atoms with E-state index in [2.05, 4.69) is 11.8 Å². The quantitative estimate of drug-likeness (QED) is 0.363. The molecule has 7 heteroatoms. The molecule has 0 spiro atoms. The Bertz CT molecular complexity index is 934. The van der Waals surface area contributed by atoms with Crippen molar-refractivity contribution in [3.05, 3.63) is 71.0 Å². The zero-order valence-corrected chi connectivity index (χ0v) is 15.5. The minimum atomic E-state index is -4.46. The van der Waals surface area contributed by atoms with Crippen LogP contribution in [0.15, 0.2) is 48.5 Å². The molecule has 1 heterocycles. The maximum absolute atomic E-state index is 12.9. The van der Waals surface area contributed by atoms with E-state index < -0.39 is 28.9 Å². The second-order valence-electron chi connectivity index (χ2n) is 7.02. The summed E-state index contributed by atoms with van der Waals surface area (Å²) in [7, 11) is 0. The molecule has 0 amide bonds. The SMILES string of the molecule is O=C(C#CCN1CCC(O)(c2cccc(C(F)(F)F)c2)CC1)c1ccc(F)cc1. The van der Waals surface area contributed by atoms with Crippen LogP contribution in [0.2, 0.25) is 0 Å². The van der Waals surface area contributed by atoms with Gasteiger partial charge in [0.1, 0.15) is 5.82 Å². The average Bonchev–Trinajstić information content (AvgIpc) is 2.69. The van der Waals surface area contributed by atoms with Crippen LogP contribution in [-0.2, 0) is 11.8 Å². The first-order valence-corrected chi connectivity index (χ1v) is 9.09. The Kier molecular flexibility index (Phi) is 6.06. The zero-order valence-electron chi connectivity index (χ0n) is 15.5. The molecule has 1 aliphatic heterocycles. The predicted molar refractivity (Wildman–Crippen MR) is 99.5 cm³/mol. The van der Waals surface area contributed by atoms with E-state index in [9.17, 15) is 27.5 Å². The highest BCUT2D eigenvalue weighted by molar-refractivity contribution is 6.08. The lowest BCUT2D eigenvalue weighted by molar-refractivity contribution is -0.137. The molecule has 1 N–H and O–H groups in total. The second-order valence-corrected chi connectivity index (χ2v) is 7.02. The Morgan fingerprint density at radius 3 is 2.38 bits per heavy atom. The molecule has 3 rings (SSSR count). The molecule has 0 radical (unpaired) electrons. The van der Waals surface area contributed by atoms with Crippen LogP contribution in [0, 0.1) is 17.7 Å². The van der Waals surface area contributed by atoms with E-state index in [1.54, 1.807) is 0 Å². The number of carbonyl (C=O) groups is 1. The highest BCUT2D eigenvalue weighted by Crippen LogP contribution is 2.36. The molecule has 0 aromatic heterocycles. The van der Waals surface area contributed by atoms with E-state index >= 15 is 0 Å². The highest BCUT2D eigenvalue weighted by atomic mass is 19.4. The van der Waals surface area contributed by atoms with Crippen LogP contribution in [0.1, 0.15) is 34.3 Å². The van der Waals surface area contributed by atoms with E-state index in [1.807, 2.05) is 4.90 Å². The van der Waals surface area contributed by atoms with Crippen molar-refractivity contribution in [2.45, 2.75) is 24.6 Å². The topological polar surface area (TPSA) is 40.5 Å². The molecule has 2 aromatic carbocycles. The van der Waals surface area contributed by atoms with Crippen LogP contribution in [0.3, 0.4) is 0 Å². The summed E-state index contributed by atoms with van der Waals surface area (Å²) >= 11 is 0. The third-order valence-electron chi connectivity index (χ3n) is 5.02. The van der Waals surface area contributed by atoms with E-state index in [4.69, 9.17) is 0 Å². The van der Waals surface area contributed by atoms with E-state index in [0.29, 0.717) is 25.2 Å². The standard InChI is InChI=1S/C22H19F4NO2/c23-19-8-6-16(7-9-19)20(28)5-2-12-27-13-10-21(29,11-14-27)17-3-1-4-18(15-17)22(24,25)26/h1,3-4,6-9,15,29H,10-14H2. The molecule has 0 saturated carbocycles. The summed E-state index contributed by atoms with van der Waals surface area (Å²) in [5, 5.41) is 10.8. The second kappa shape index (κ2) is 8.36. The van der Waals surface area contributed by atoms with Crippen LogP contribution in [0.5, 0.6) is 0 Å². The van der Waals surface area contributed by atoms with Crippen molar-refractivity contribution in [1.29, 1.82) is 0 Å². The largest absolute Gasteiger partial charge is 0.416 e. The Hall–Kier alpha value is -2.69. The number of piperidine rings is 1. The van der Waals surface area contributed by atoms with Gasteiger partial charge < -0.3 is 5.11 Å². The number of rotatable bonds is 3. The fraction of sp³-hybridized carbons (Fsp3) is 0.318. The number of alkyl halides is 3. The molecule has 0 unspecified atom stereocenters. The number of hydrogen-bond acceptors (Lipinski definition) is 3. The van der Waals surface area contributed by atoms with Gasteiger partial charge in [-0.15, -0.1) is 0 Å². The molecule has 1 fully saturated rings. The summed E-state index contributed by atoms with van der Waals surface area (Å²) in [6, 6.07) is 9.89. The van der Waals surface area contributed by atoms with E-state index in [0.717, 1.165) is 12.1 Å². The van der Waals surface area contributed by atoms with Crippen LogP contribution in [-0.4, -0.2) is 35.4 Å². The molecule has 0 atom stereocenters. The van der Waals surface area contributed by atoms with Crippen molar-refractivity contribution in [3.8, 4) is 11.8 Å². The minimum absolute atomic E-state index is 0.254. The third-order valence-corrected chi connectivity index (χ3v) is 5.02. The van der Waals surface area contributed by atoms with Gasteiger partial charge in [-0.2, -0.15) is 13.2 Å². The maximum atomic E-state index is 12.9. The van der Waals surface area contributed by atoms with E-state index in [-0.39, 0.29) is 18.4 Å². The van der Waals surface area contributed by atoms with Gasteiger partial charge in [0.15, 0.2) is 0 Å². The molecular weight excluding hydrogens is 386 g/mol. The number of ketones is 1. The molecule has 0 bridgehead atoms.